The monoisotopic (exact) mass is 467 g/mol. The Kier molecular flexibility index (Phi) is 5.41. The van der Waals surface area contributed by atoms with E-state index < -0.39 is 0 Å². The Hall–Kier alpha value is -3.21. The largest absolute Gasteiger partial charge is 0.340 e. The normalized spacial score (nSPS) is 11.1. The number of urea groups is 1. The van der Waals surface area contributed by atoms with Gasteiger partial charge in [0.05, 0.1) is 23.1 Å². The minimum absolute atomic E-state index is 0.270. The number of benzene rings is 2. The second-order valence-electron chi connectivity index (χ2n) is 6.45. The number of halogens is 1. The van der Waals surface area contributed by atoms with E-state index in [0.717, 1.165) is 26.8 Å². The molecule has 0 aliphatic heterocycles. The lowest BCUT2D eigenvalue weighted by Gasteiger charge is -2.03. The van der Waals surface area contributed by atoms with Crippen molar-refractivity contribution in [1.29, 1.82) is 0 Å². The van der Waals surface area contributed by atoms with Crippen molar-refractivity contribution in [2.75, 3.05) is 5.32 Å². The van der Waals surface area contributed by atoms with Crippen LogP contribution >= 0.6 is 34.7 Å². The number of anilines is 1. The first-order valence-electron chi connectivity index (χ1n) is 9.18. The zero-order chi connectivity index (χ0) is 21.2. The molecule has 31 heavy (non-hydrogen) atoms. The van der Waals surface area contributed by atoms with E-state index in [-0.39, 0.29) is 12.6 Å². The lowest BCUT2D eigenvalue weighted by atomic mass is 10.2. The Morgan fingerprint density at radius 3 is 2.94 bits per heavy atom. The number of H-pyrrole nitrogens is 1. The highest BCUT2D eigenvalue weighted by atomic mass is 35.5. The van der Waals surface area contributed by atoms with E-state index in [4.69, 9.17) is 11.6 Å². The van der Waals surface area contributed by atoms with Crippen molar-refractivity contribution in [3.05, 3.63) is 65.6 Å². The lowest BCUT2D eigenvalue weighted by Crippen LogP contribution is -2.28. The Bertz CT molecular complexity index is 1370. The van der Waals surface area contributed by atoms with Gasteiger partial charge < -0.3 is 10.3 Å². The number of hydrogen-bond donors (Lipinski definition) is 3. The lowest BCUT2D eigenvalue weighted by molar-refractivity contribution is 0.251. The van der Waals surface area contributed by atoms with E-state index in [1.807, 2.05) is 48.5 Å². The zero-order valence-corrected chi connectivity index (χ0v) is 18.2. The van der Waals surface area contributed by atoms with Crippen molar-refractivity contribution >= 4 is 67.8 Å². The van der Waals surface area contributed by atoms with Gasteiger partial charge in [-0.25, -0.2) is 9.78 Å². The fourth-order valence-corrected chi connectivity index (χ4v) is 4.97. The van der Waals surface area contributed by atoms with Gasteiger partial charge in [-0.1, -0.05) is 52.9 Å². The van der Waals surface area contributed by atoms with Crippen LogP contribution in [0.1, 0.15) is 5.82 Å². The number of pyridine rings is 1. The molecule has 11 heteroatoms. The van der Waals surface area contributed by atoms with Crippen LogP contribution < -0.4 is 10.6 Å². The average Bonchev–Trinajstić information content (AvgIpc) is 3.38. The van der Waals surface area contributed by atoms with Gasteiger partial charge in [0.15, 0.2) is 4.34 Å². The summed E-state index contributed by atoms with van der Waals surface area (Å²) in [5.74, 6) is 0.675. The summed E-state index contributed by atoms with van der Waals surface area (Å²) < 4.78 is 0.704. The van der Waals surface area contributed by atoms with Crippen LogP contribution in [0, 0.1) is 0 Å². The maximum atomic E-state index is 12.2. The first-order chi connectivity index (χ1) is 15.1. The van der Waals surface area contributed by atoms with Crippen LogP contribution in [0.3, 0.4) is 0 Å². The number of nitrogens with one attached hydrogen (secondary N) is 3. The maximum absolute atomic E-state index is 12.2. The maximum Gasteiger partial charge on any atom is 0.321 e. The highest BCUT2D eigenvalue weighted by Crippen LogP contribution is 2.36. The molecule has 8 nitrogen and oxygen atoms in total. The number of para-hydroxylation sites is 2. The molecule has 3 aromatic heterocycles. The van der Waals surface area contributed by atoms with E-state index in [0.29, 0.717) is 20.3 Å². The second-order valence-corrected chi connectivity index (χ2v) is 9.16. The highest BCUT2D eigenvalue weighted by Gasteiger charge is 2.12. The summed E-state index contributed by atoms with van der Waals surface area (Å²) in [6.07, 6.45) is 1.73. The number of carbonyl (C=O) groups is 1. The molecule has 0 atom stereocenters. The predicted molar refractivity (Wildman–Crippen MR) is 123 cm³/mol. The van der Waals surface area contributed by atoms with Crippen molar-refractivity contribution in [2.24, 2.45) is 0 Å². The van der Waals surface area contributed by atoms with Gasteiger partial charge in [-0.05, 0) is 30.3 Å². The summed E-state index contributed by atoms with van der Waals surface area (Å²) in [7, 11) is 0. The van der Waals surface area contributed by atoms with Crippen molar-refractivity contribution in [2.45, 2.75) is 15.8 Å². The number of fused-ring (bicyclic) bond motifs is 2. The van der Waals surface area contributed by atoms with E-state index in [1.165, 1.54) is 23.1 Å². The van der Waals surface area contributed by atoms with Gasteiger partial charge in [0.25, 0.3) is 0 Å². The minimum atomic E-state index is -0.378. The van der Waals surface area contributed by atoms with Gasteiger partial charge >= 0.3 is 6.03 Å². The van der Waals surface area contributed by atoms with Gasteiger partial charge in [0.1, 0.15) is 5.82 Å². The molecular weight excluding hydrogens is 454 g/mol. The minimum Gasteiger partial charge on any atom is -0.340 e. The quantitative estimate of drug-likeness (QED) is 0.311. The van der Waals surface area contributed by atoms with Crippen molar-refractivity contribution < 1.29 is 4.79 Å². The summed E-state index contributed by atoms with van der Waals surface area (Å²) in [5, 5.41) is 15.7. The van der Waals surface area contributed by atoms with E-state index in [1.54, 1.807) is 6.20 Å². The number of nitrogens with zero attached hydrogens (tertiary/aromatic N) is 4. The third-order valence-corrected chi connectivity index (χ3v) is 6.54. The number of rotatable bonds is 5. The van der Waals surface area contributed by atoms with Crippen molar-refractivity contribution in [3.63, 3.8) is 0 Å². The number of aromatic amines is 1. The molecular formula is C20H14ClN7OS2. The first kappa shape index (κ1) is 19.7. The van der Waals surface area contributed by atoms with Crippen LogP contribution in [-0.4, -0.2) is 31.2 Å². The van der Waals surface area contributed by atoms with E-state index in [2.05, 4.69) is 35.8 Å². The van der Waals surface area contributed by atoms with Crippen LogP contribution in [-0.2, 0) is 6.54 Å². The summed E-state index contributed by atoms with van der Waals surface area (Å²) in [5.41, 5.74) is 2.60. The number of imidazole rings is 1. The number of hydrogen-bond acceptors (Lipinski definition) is 7. The summed E-state index contributed by atoms with van der Waals surface area (Å²) >= 11 is 8.80. The molecule has 3 N–H and O–H groups in total. The molecule has 0 saturated heterocycles. The summed E-state index contributed by atoms with van der Waals surface area (Å²) in [6, 6.07) is 14.8. The van der Waals surface area contributed by atoms with Crippen LogP contribution in [0.4, 0.5) is 9.93 Å². The molecule has 2 amide bonds. The first-order valence-corrected chi connectivity index (χ1v) is 11.2. The number of aromatic nitrogens is 5. The topological polar surface area (TPSA) is 108 Å². The molecule has 0 spiro atoms. The van der Waals surface area contributed by atoms with Crippen molar-refractivity contribution in [1.82, 2.24) is 30.5 Å². The Labute approximate surface area is 189 Å². The SMILES string of the molecule is O=C(NCc1nc2ccccc2[nH]1)Nc1nnc(Sc2ccnc3cc(Cl)ccc23)s1. The van der Waals surface area contributed by atoms with E-state index in [9.17, 15) is 4.79 Å². The van der Waals surface area contributed by atoms with Gasteiger partial charge in [-0.3, -0.25) is 10.3 Å². The van der Waals surface area contributed by atoms with E-state index >= 15 is 0 Å². The third-order valence-electron chi connectivity index (χ3n) is 4.34. The molecule has 0 fully saturated rings. The average molecular weight is 468 g/mol. The van der Waals surface area contributed by atoms with Crippen LogP contribution in [0.2, 0.25) is 5.02 Å². The Balaban J connectivity index is 1.22. The van der Waals surface area contributed by atoms with Gasteiger partial charge in [0.2, 0.25) is 5.13 Å². The molecule has 154 valence electrons. The molecule has 0 aliphatic rings. The van der Waals surface area contributed by atoms with Gasteiger partial charge in [-0.15, -0.1) is 10.2 Å². The van der Waals surface area contributed by atoms with Crippen molar-refractivity contribution in [3.8, 4) is 0 Å². The van der Waals surface area contributed by atoms with Crippen LogP contribution in [0.25, 0.3) is 21.9 Å². The van der Waals surface area contributed by atoms with Gasteiger partial charge in [0, 0.05) is 21.5 Å². The van der Waals surface area contributed by atoms with Gasteiger partial charge in [-0.2, -0.15) is 0 Å². The molecule has 0 saturated carbocycles. The molecule has 0 radical (unpaired) electrons. The Morgan fingerprint density at radius 2 is 2.03 bits per heavy atom. The molecule has 0 unspecified atom stereocenters. The fourth-order valence-electron chi connectivity index (χ4n) is 2.97. The summed E-state index contributed by atoms with van der Waals surface area (Å²) in [6.45, 7) is 0.270. The number of carbonyl (C=O) groups excluding carboxylic acids is 1. The highest BCUT2D eigenvalue weighted by molar-refractivity contribution is 8.01. The standard InChI is InChI=1S/C20H14ClN7OS2/c21-11-5-6-12-15(9-11)22-8-7-16(12)30-20-28-27-19(31-20)26-18(29)23-10-17-24-13-3-1-2-4-14(13)25-17/h1-9H,10H2,(H,24,25)(H2,23,26,27,29). The van der Waals surface area contributed by atoms with Crippen LogP contribution in [0.5, 0.6) is 0 Å². The fraction of sp³-hybridized carbons (Fsp3) is 0.0500. The molecule has 2 aromatic carbocycles. The molecule has 5 rings (SSSR count). The predicted octanol–water partition coefficient (Wildman–Crippen LogP) is 5.09. The molecule has 5 aromatic rings. The zero-order valence-electron chi connectivity index (χ0n) is 15.8. The summed E-state index contributed by atoms with van der Waals surface area (Å²) in [4.78, 5) is 25.2. The smallest absolute Gasteiger partial charge is 0.321 e. The molecule has 0 aliphatic carbocycles. The Morgan fingerprint density at radius 1 is 1.13 bits per heavy atom. The number of amides is 2. The third kappa shape index (κ3) is 4.46. The molecule has 0 bridgehead atoms. The second kappa shape index (κ2) is 8.50. The molecule has 3 heterocycles. The van der Waals surface area contributed by atoms with Crippen LogP contribution in [0.15, 0.2) is 64.0 Å².